The minimum atomic E-state index is -0.703. The van der Waals surface area contributed by atoms with E-state index in [1.54, 1.807) is 0 Å². The Bertz CT molecular complexity index is 110. The summed E-state index contributed by atoms with van der Waals surface area (Å²) in [6.45, 7) is 14.9. The van der Waals surface area contributed by atoms with Gasteiger partial charge in [0.2, 0.25) is 0 Å². The Hall–Kier alpha value is 1.66. The summed E-state index contributed by atoms with van der Waals surface area (Å²) in [6, 6.07) is 0. The van der Waals surface area contributed by atoms with Gasteiger partial charge in [-0.2, -0.15) is 0 Å². The molecule has 81 valence electrons. The van der Waals surface area contributed by atoms with E-state index < -0.39 is 35.2 Å². The third-order valence-corrected chi connectivity index (χ3v) is 20.2. The Kier molecular flexibility index (Phi) is 9.22. The van der Waals surface area contributed by atoms with Crippen molar-refractivity contribution in [3.05, 3.63) is 0 Å². The Balaban J connectivity index is 0. The van der Waals surface area contributed by atoms with Gasteiger partial charge in [0.1, 0.15) is 0 Å². The summed E-state index contributed by atoms with van der Waals surface area (Å²) in [5.74, 6) is 0. The zero-order valence-corrected chi connectivity index (χ0v) is 16.9. The molecule has 0 aromatic heterocycles. The molecule has 0 N–H and O–H groups in total. The summed E-state index contributed by atoms with van der Waals surface area (Å²) < 4.78 is 0. The molecule has 0 saturated heterocycles. The van der Waals surface area contributed by atoms with Crippen LogP contribution in [0.1, 0.15) is 0 Å². The second-order valence-electron chi connectivity index (χ2n) is 6.12. The fraction of sp³-hybridized carbons (Fsp3) is 1.00. The molecule has 0 unspecified atom stereocenters. The molecule has 0 amide bonds. The molecule has 0 heterocycles. The van der Waals surface area contributed by atoms with Crippen LogP contribution in [-0.4, -0.2) is 35.2 Å². The molecule has 0 spiro atoms. The maximum atomic E-state index is 2.48. The van der Waals surface area contributed by atoms with Crippen LogP contribution in [0.15, 0.2) is 0 Å². The van der Waals surface area contributed by atoms with Crippen LogP contribution in [0.5, 0.6) is 0 Å². The van der Waals surface area contributed by atoms with Crippen LogP contribution in [0.3, 0.4) is 0 Å². The predicted molar refractivity (Wildman–Crippen MR) is 78.4 cm³/mol. The second-order valence-corrected chi connectivity index (χ2v) is 35.9. The van der Waals surface area contributed by atoms with Gasteiger partial charge in [0.05, 0.1) is 15.5 Å². The van der Waals surface area contributed by atoms with Crippen LogP contribution < -0.4 is 0 Å². The molecule has 0 aliphatic rings. The van der Waals surface area contributed by atoms with E-state index in [0.717, 1.165) is 0 Å². The Morgan fingerprint density at radius 1 is 0.692 bits per heavy atom. The van der Waals surface area contributed by atoms with E-state index in [9.17, 15) is 0 Å². The van der Waals surface area contributed by atoms with Gasteiger partial charge in [-0.3, -0.25) is 0 Å². The molecular formula is C9H28PSi2Sn. The molecule has 1 radical (unpaired) electrons. The molecular weight excluding hydrogens is 314 g/mol. The normalized spacial score (nSPS) is 12.5. The minimum absolute atomic E-state index is 0.543. The topological polar surface area (TPSA) is 0 Å². The summed E-state index contributed by atoms with van der Waals surface area (Å²) >= 11 is -0.543. The van der Waals surface area contributed by atoms with Gasteiger partial charge in [0.15, 0.2) is 0 Å². The van der Waals surface area contributed by atoms with Crippen molar-refractivity contribution in [2.75, 3.05) is 0 Å². The average Bonchev–Trinajstić information content (AvgIpc) is 1.47. The molecule has 0 saturated carbocycles. The van der Waals surface area contributed by atoms with E-state index in [1.807, 2.05) is 0 Å². The molecule has 0 aromatic rings. The van der Waals surface area contributed by atoms with Gasteiger partial charge < -0.3 is 0 Å². The van der Waals surface area contributed by atoms with Crippen molar-refractivity contribution in [2.45, 2.75) is 54.1 Å². The molecule has 0 atom stereocenters. The third-order valence-electron chi connectivity index (χ3n) is 0.750. The Labute approximate surface area is 96.5 Å². The summed E-state index contributed by atoms with van der Waals surface area (Å²) in [7, 11) is -0.0775. The van der Waals surface area contributed by atoms with E-state index in [2.05, 4.69) is 54.1 Å². The molecule has 0 fully saturated rings. The van der Waals surface area contributed by atoms with Gasteiger partial charge in [0, 0.05) is 0 Å². The average molecular weight is 342 g/mol. The molecule has 0 bridgehead atoms. The zero-order valence-electron chi connectivity index (χ0n) is 11.0. The van der Waals surface area contributed by atoms with Crippen LogP contribution in [0, 0.1) is 0 Å². The van der Waals surface area contributed by atoms with E-state index in [4.69, 9.17) is 0 Å². The Morgan fingerprint density at radius 2 is 0.846 bits per heavy atom. The molecule has 13 heavy (non-hydrogen) atoms. The van der Waals surface area contributed by atoms with Crippen molar-refractivity contribution in [1.82, 2.24) is 0 Å². The molecule has 0 aliphatic carbocycles. The van der Waals surface area contributed by atoms with Gasteiger partial charge in [-0.15, -0.1) is 7.68 Å². The summed E-state index contributed by atoms with van der Waals surface area (Å²) in [4.78, 5) is 7.09. The third kappa shape index (κ3) is 31.6. The van der Waals surface area contributed by atoms with Crippen molar-refractivity contribution < 1.29 is 0 Å². The van der Waals surface area contributed by atoms with Gasteiger partial charge >= 0.3 is 34.6 Å². The van der Waals surface area contributed by atoms with Crippen LogP contribution in [0.25, 0.3) is 0 Å². The summed E-state index contributed by atoms with van der Waals surface area (Å²) in [5.41, 5.74) is 0. The second kappa shape index (κ2) is 7.02. The van der Waals surface area contributed by atoms with Crippen molar-refractivity contribution in [2.24, 2.45) is 0 Å². The van der Waals surface area contributed by atoms with Crippen molar-refractivity contribution >= 4 is 42.9 Å². The molecule has 0 nitrogen and oxygen atoms in total. The van der Waals surface area contributed by atoms with Gasteiger partial charge in [-0.05, 0) is 0 Å². The number of hydrogen-bond acceptors (Lipinski definition) is 0. The SMILES string of the molecule is C[Si](C)(C)P[Si](C)(C)C.[CH3][Sn]([CH3])[CH3]. The first kappa shape index (κ1) is 17.1. The van der Waals surface area contributed by atoms with Gasteiger partial charge in [-0.25, -0.2) is 0 Å². The Morgan fingerprint density at radius 3 is 0.846 bits per heavy atom. The van der Waals surface area contributed by atoms with Gasteiger partial charge in [-0.1, -0.05) is 39.3 Å². The van der Waals surface area contributed by atoms with Crippen LogP contribution >= 0.6 is 7.68 Å². The fourth-order valence-electron chi connectivity index (χ4n) is 1.12. The van der Waals surface area contributed by atoms with Gasteiger partial charge in [0.25, 0.3) is 0 Å². The number of rotatable bonds is 2. The zero-order chi connectivity index (χ0) is 11.3. The van der Waals surface area contributed by atoms with E-state index in [-0.39, 0.29) is 0 Å². The van der Waals surface area contributed by atoms with Crippen molar-refractivity contribution in [3.63, 3.8) is 0 Å². The van der Waals surface area contributed by atoms with E-state index >= 15 is 0 Å². The first-order valence-electron chi connectivity index (χ1n) is 5.00. The van der Waals surface area contributed by atoms with Crippen LogP contribution in [-0.2, 0) is 0 Å². The summed E-state index contributed by atoms with van der Waals surface area (Å²) in [6.07, 6.45) is 0. The quantitative estimate of drug-likeness (QED) is 0.504. The standard InChI is InChI=1S/C6H19PSi2.3CH3.Sn/c1-8(2,3)7-9(4,5)6;;;;/h7H,1-6H3;3*1H3;. The summed E-state index contributed by atoms with van der Waals surface area (Å²) in [5, 5.41) is 0. The molecule has 0 aliphatic heterocycles. The molecule has 0 rings (SSSR count). The van der Waals surface area contributed by atoms with E-state index in [1.165, 1.54) is 7.68 Å². The van der Waals surface area contributed by atoms with Crippen molar-refractivity contribution in [1.29, 1.82) is 0 Å². The van der Waals surface area contributed by atoms with E-state index in [0.29, 0.717) is 0 Å². The monoisotopic (exact) mass is 343 g/mol. The first-order valence-corrected chi connectivity index (χ1v) is 23.6. The maximum absolute atomic E-state index is 2.48. The fourth-order valence-corrected chi connectivity index (χ4v) is 30.4. The number of hydrogen-bond donors (Lipinski definition) is 0. The predicted octanol–water partition coefficient (Wildman–Crippen LogP) is 4.71. The first-order chi connectivity index (χ1) is 5.44. The molecule has 0 aromatic carbocycles. The van der Waals surface area contributed by atoms with Crippen LogP contribution in [0.4, 0.5) is 0 Å². The van der Waals surface area contributed by atoms with Crippen LogP contribution in [0.2, 0.25) is 54.1 Å². The molecule has 4 heteroatoms. The van der Waals surface area contributed by atoms with Crippen molar-refractivity contribution in [3.8, 4) is 0 Å².